The molecule has 1 aliphatic heterocycles. The van der Waals surface area contributed by atoms with Gasteiger partial charge in [-0.1, -0.05) is 0 Å². The molecule has 0 aliphatic carbocycles. The third kappa shape index (κ3) is 2.39. The molecular formula is C12H18N6O2. The van der Waals surface area contributed by atoms with Gasteiger partial charge in [-0.15, -0.1) is 0 Å². The van der Waals surface area contributed by atoms with Crippen LogP contribution in [0.15, 0.2) is 6.20 Å². The van der Waals surface area contributed by atoms with E-state index < -0.39 is 5.79 Å². The summed E-state index contributed by atoms with van der Waals surface area (Å²) in [5.74, 6) is 0.188. The number of hydrogen-bond acceptors (Lipinski definition) is 7. The largest absolute Gasteiger partial charge is 0.383 e. The average Bonchev–Trinajstić information content (AvgIpc) is 2.75. The van der Waals surface area contributed by atoms with Gasteiger partial charge in [0.15, 0.2) is 11.4 Å². The van der Waals surface area contributed by atoms with Crippen molar-refractivity contribution in [2.24, 2.45) is 5.92 Å². The fourth-order valence-electron chi connectivity index (χ4n) is 2.21. The van der Waals surface area contributed by atoms with Gasteiger partial charge in [0.05, 0.1) is 31.3 Å². The Balaban J connectivity index is 1.82. The molecule has 2 aromatic heterocycles. The van der Waals surface area contributed by atoms with E-state index in [4.69, 9.17) is 20.9 Å². The summed E-state index contributed by atoms with van der Waals surface area (Å²) < 4.78 is 13.0. The summed E-state index contributed by atoms with van der Waals surface area (Å²) in [7, 11) is 0. The van der Waals surface area contributed by atoms with E-state index in [-0.39, 0.29) is 11.9 Å². The van der Waals surface area contributed by atoms with Gasteiger partial charge >= 0.3 is 0 Å². The maximum atomic E-state index is 5.81. The number of hydrogen-bond donors (Lipinski definition) is 2. The lowest BCUT2D eigenvalue weighted by molar-refractivity contribution is -0.263. The van der Waals surface area contributed by atoms with Crippen LogP contribution in [0.4, 0.5) is 11.8 Å². The Labute approximate surface area is 116 Å². The molecule has 0 spiro atoms. The van der Waals surface area contributed by atoms with E-state index in [9.17, 15) is 0 Å². The number of fused-ring (bicyclic) bond motifs is 1. The van der Waals surface area contributed by atoms with Crippen LogP contribution in [0, 0.1) is 5.92 Å². The lowest BCUT2D eigenvalue weighted by Crippen LogP contribution is -2.40. The molecule has 0 aromatic carbocycles. The Kier molecular flexibility index (Phi) is 2.98. The lowest BCUT2D eigenvalue weighted by Gasteiger charge is -2.34. The molecule has 8 heteroatoms. The predicted octanol–water partition coefficient (Wildman–Crippen LogP) is 0.390. The van der Waals surface area contributed by atoms with Crippen LogP contribution >= 0.6 is 0 Å². The first-order chi connectivity index (χ1) is 9.44. The summed E-state index contributed by atoms with van der Waals surface area (Å²) >= 11 is 0. The Morgan fingerprint density at radius 2 is 2.00 bits per heavy atom. The van der Waals surface area contributed by atoms with Crippen LogP contribution < -0.4 is 11.5 Å². The Morgan fingerprint density at radius 1 is 1.30 bits per heavy atom. The molecule has 2 aromatic rings. The number of aromatic nitrogens is 4. The third-order valence-electron chi connectivity index (χ3n) is 3.31. The summed E-state index contributed by atoms with van der Waals surface area (Å²) in [4.78, 5) is 8.12. The Hall–Kier alpha value is -1.93. The molecule has 0 radical (unpaired) electrons. The molecule has 0 atom stereocenters. The third-order valence-corrected chi connectivity index (χ3v) is 3.31. The van der Waals surface area contributed by atoms with Crippen molar-refractivity contribution < 1.29 is 9.47 Å². The molecule has 20 heavy (non-hydrogen) atoms. The van der Waals surface area contributed by atoms with Crippen LogP contribution in [0.3, 0.4) is 0 Å². The summed E-state index contributed by atoms with van der Waals surface area (Å²) in [5.41, 5.74) is 12.1. The molecule has 3 heterocycles. The first-order valence-electron chi connectivity index (χ1n) is 6.47. The highest BCUT2D eigenvalue weighted by Crippen LogP contribution is 2.23. The van der Waals surface area contributed by atoms with Crippen molar-refractivity contribution in [3.63, 3.8) is 0 Å². The molecule has 1 aliphatic rings. The summed E-state index contributed by atoms with van der Waals surface area (Å²) in [6.07, 6.45) is 1.65. The van der Waals surface area contributed by atoms with Crippen molar-refractivity contribution in [2.45, 2.75) is 26.2 Å². The highest BCUT2D eigenvalue weighted by atomic mass is 16.7. The molecule has 8 nitrogen and oxygen atoms in total. The minimum absolute atomic E-state index is 0.147. The maximum Gasteiger partial charge on any atom is 0.224 e. The van der Waals surface area contributed by atoms with E-state index in [1.807, 2.05) is 13.8 Å². The number of ether oxygens (including phenoxy) is 2. The second kappa shape index (κ2) is 4.57. The van der Waals surface area contributed by atoms with Crippen molar-refractivity contribution in [3.8, 4) is 0 Å². The second-order valence-electron chi connectivity index (χ2n) is 5.42. The first-order valence-corrected chi connectivity index (χ1v) is 6.47. The fraction of sp³-hybridized carbons (Fsp3) is 0.583. The van der Waals surface area contributed by atoms with E-state index in [0.29, 0.717) is 36.6 Å². The lowest BCUT2D eigenvalue weighted by atomic mass is 10.1. The molecule has 1 fully saturated rings. The second-order valence-corrected chi connectivity index (χ2v) is 5.42. The number of nitrogens with zero attached hydrogens (tertiary/aromatic N) is 4. The van der Waals surface area contributed by atoms with Crippen LogP contribution in [0.2, 0.25) is 0 Å². The minimum atomic E-state index is -0.514. The SMILES string of the molecule is CC1(C)OCC(Cn2ncc3c(N)nc(N)nc32)CO1. The fourth-order valence-corrected chi connectivity index (χ4v) is 2.21. The average molecular weight is 278 g/mol. The predicted molar refractivity (Wildman–Crippen MR) is 73.6 cm³/mol. The summed E-state index contributed by atoms with van der Waals surface area (Å²) in [5, 5.41) is 5.00. The van der Waals surface area contributed by atoms with Gasteiger partial charge in [0.25, 0.3) is 0 Å². The highest BCUT2D eigenvalue weighted by Gasteiger charge is 2.29. The number of rotatable bonds is 2. The van der Waals surface area contributed by atoms with Gasteiger partial charge in [-0.3, -0.25) is 0 Å². The van der Waals surface area contributed by atoms with Gasteiger partial charge in [-0.05, 0) is 13.8 Å². The Morgan fingerprint density at radius 3 is 2.70 bits per heavy atom. The zero-order valence-electron chi connectivity index (χ0n) is 11.5. The van der Waals surface area contributed by atoms with Crippen molar-refractivity contribution in [1.29, 1.82) is 0 Å². The van der Waals surface area contributed by atoms with E-state index in [0.717, 1.165) is 0 Å². The van der Waals surface area contributed by atoms with E-state index in [2.05, 4.69) is 15.1 Å². The van der Waals surface area contributed by atoms with E-state index in [1.54, 1.807) is 10.9 Å². The first kappa shape index (κ1) is 13.1. The summed E-state index contributed by atoms with van der Waals surface area (Å²) in [6.45, 7) is 5.67. The standard InChI is InChI=1S/C12H18N6O2/c1-12(2)19-5-7(6-20-12)4-18-10-8(3-15-18)9(13)16-11(14)17-10/h3,7H,4-6H2,1-2H3,(H4,13,14,16,17). The molecule has 0 bridgehead atoms. The normalized spacial score (nSPS) is 19.5. The van der Waals surface area contributed by atoms with Gasteiger partial charge in [0.1, 0.15) is 5.82 Å². The molecule has 1 saturated heterocycles. The zero-order valence-corrected chi connectivity index (χ0v) is 11.5. The molecule has 108 valence electrons. The van der Waals surface area contributed by atoms with Crippen LogP contribution in [-0.4, -0.2) is 38.7 Å². The van der Waals surface area contributed by atoms with Gasteiger partial charge < -0.3 is 20.9 Å². The van der Waals surface area contributed by atoms with Crippen LogP contribution in [0.1, 0.15) is 13.8 Å². The molecule has 0 saturated carbocycles. The topological polar surface area (TPSA) is 114 Å². The van der Waals surface area contributed by atoms with Crippen molar-refractivity contribution >= 4 is 22.8 Å². The summed E-state index contributed by atoms with van der Waals surface area (Å²) in [6, 6.07) is 0. The zero-order chi connectivity index (χ0) is 14.3. The monoisotopic (exact) mass is 278 g/mol. The number of nitrogens with two attached hydrogens (primary N) is 2. The van der Waals surface area contributed by atoms with Crippen LogP contribution in [0.25, 0.3) is 11.0 Å². The van der Waals surface area contributed by atoms with Crippen LogP contribution in [0.5, 0.6) is 0 Å². The van der Waals surface area contributed by atoms with E-state index in [1.165, 1.54) is 0 Å². The molecule has 0 unspecified atom stereocenters. The number of anilines is 2. The smallest absolute Gasteiger partial charge is 0.224 e. The molecule has 3 rings (SSSR count). The van der Waals surface area contributed by atoms with Crippen molar-refractivity contribution in [3.05, 3.63) is 6.20 Å². The Bertz CT molecular complexity index is 628. The highest BCUT2D eigenvalue weighted by molar-refractivity contribution is 5.85. The van der Waals surface area contributed by atoms with Crippen LogP contribution in [-0.2, 0) is 16.0 Å². The number of nitrogen functional groups attached to an aromatic ring is 2. The minimum Gasteiger partial charge on any atom is -0.383 e. The molecule has 0 amide bonds. The maximum absolute atomic E-state index is 5.81. The van der Waals surface area contributed by atoms with Gasteiger partial charge in [0.2, 0.25) is 5.95 Å². The molecule has 4 N–H and O–H groups in total. The van der Waals surface area contributed by atoms with Crippen molar-refractivity contribution in [1.82, 2.24) is 19.7 Å². The van der Waals surface area contributed by atoms with Gasteiger partial charge in [-0.2, -0.15) is 15.1 Å². The van der Waals surface area contributed by atoms with E-state index >= 15 is 0 Å². The molecular weight excluding hydrogens is 260 g/mol. The van der Waals surface area contributed by atoms with Crippen molar-refractivity contribution in [2.75, 3.05) is 24.7 Å². The van der Waals surface area contributed by atoms with Gasteiger partial charge in [0, 0.05) is 5.92 Å². The quantitative estimate of drug-likeness (QED) is 0.816. The van der Waals surface area contributed by atoms with Gasteiger partial charge in [-0.25, -0.2) is 4.68 Å².